The molecule has 0 unspecified atom stereocenters. The number of nitrogens with one attached hydrogen (secondary N) is 1. The standard InChI is InChI=1S/C15H29N5/c1-5-8-16-11-14-12-18-15(13-17-14)20(6-2)10-7-9-19(3)4/h12-13,16H,5-11H2,1-4H3. The average Bonchev–Trinajstić information content (AvgIpc) is 2.45. The second kappa shape index (κ2) is 9.66. The fraction of sp³-hybridized carbons (Fsp3) is 0.733. The van der Waals surface area contributed by atoms with Crippen molar-refractivity contribution in [2.75, 3.05) is 45.2 Å². The van der Waals surface area contributed by atoms with E-state index in [4.69, 9.17) is 0 Å². The SMILES string of the molecule is CCCNCc1cnc(N(CC)CCCN(C)C)cn1. The molecule has 0 aliphatic rings. The van der Waals surface area contributed by atoms with Crippen LogP contribution in [0.1, 0.15) is 32.4 Å². The Hall–Kier alpha value is -1.20. The summed E-state index contributed by atoms with van der Waals surface area (Å²) in [5.41, 5.74) is 1.01. The van der Waals surface area contributed by atoms with E-state index in [-0.39, 0.29) is 0 Å². The zero-order valence-corrected chi connectivity index (χ0v) is 13.4. The smallest absolute Gasteiger partial charge is 0.147 e. The minimum atomic E-state index is 0.799. The Bertz CT molecular complexity index is 350. The van der Waals surface area contributed by atoms with E-state index in [0.29, 0.717) is 0 Å². The molecule has 0 aliphatic carbocycles. The van der Waals surface area contributed by atoms with Crippen molar-refractivity contribution in [3.63, 3.8) is 0 Å². The number of hydrogen-bond acceptors (Lipinski definition) is 5. The highest BCUT2D eigenvalue weighted by Crippen LogP contribution is 2.09. The summed E-state index contributed by atoms with van der Waals surface area (Å²) >= 11 is 0. The van der Waals surface area contributed by atoms with Crippen LogP contribution in [0.5, 0.6) is 0 Å². The summed E-state index contributed by atoms with van der Waals surface area (Å²) in [4.78, 5) is 13.5. The highest BCUT2D eigenvalue weighted by molar-refractivity contribution is 5.35. The molecule has 20 heavy (non-hydrogen) atoms. The van der Waals surface area contributed by atoms with Crippen LogP contribution >= 0.6 is 0 Å². The molecule has 0 spiro atoms. The highest BCUT2D eigenvalue weighted by atomic mass is 15.2. The lowest BCUT2D eigenvalue weighted by molar-refractivity contribution is 0.400. The first-order valence-electron chi connectivity index (χ1n) is 7.58. The first-order valence-corrected chi connectivity index (χ1v) is 7.58. The van der Waals surface area contributed by atoms with Gasteiger partial charge in [-0.15, -0.1) is 0 Å². The van der Waals surface area contributed by atoms with Gasteiger partial charge in [-0.05, 0) is 47.0 Å². The lowest BCUT2D eigenvalue weighted by Gasteiger charge is -2.22. The summed E-state index contributed by atoms with van der Waals surface area (Å²) in [5, 5.41) is 3.34. The van der Waals surface area contributed by atoms with Crippen LogP contribution in [0.2, 0.25) is 0 Å². The Morgan fingerprint density at radius 3 is 2.45 bits per heavy atom. The van der Waals surface area contributed by atoms with Crippen LogP contribution in [0.3, 0.4) is 0 Å². The monoisotopic (exact) mass is 279 g/mol. The zero-order chi connectivity index (χ0) is 14.8. The largest absolute Gasteiger partial charge is 0.356 e. The first kappa shape index (κ1) is 16.9. The number of nitrogens with zero attached hydrogens (tertiary/aromatic N) is 4. The van der Waals surface area contributed by atoms with E-state index in [2.05, 4.69) is 53.0 Å². The van der Waals surface area contributed by atoms with Gasteiger partial charge in [0.15, 0.2) is 0 Å². The predicted molar refractivity (Wildman–Crippen MR) is 85.1 cm³/mol. The van der Waals surface area contributed by atoms with Crippen LogP contribution in [0.15, 0.2) is 12.4 Å². The molecule has 0 atom stereocenters. The molecule has 1 N–H and O–H groups in total. The van der Waals surface area contributed by atoms with Gasteiger partial charge >= 0.3 is 0 Å². The molecule has 5 heteroatoms. The van der Waals surface area contributed by atoms with Crippen LogP contribution < -0.4 is 10.2 Å². The summed E-state index contributed by atoms with van der Waals surface area (Å²) in [7, 11) is 4.21. The molecule has 1 aromatic rings. The fourth-order valence-corrected chi connectivity index (χ4v) is 2.01. The third kappa shape index (κ3) is 6.30. The minimum Gasteiger partial charge on any atom is -0.356 e. The van der Waals surface area contributed by atoms with Gasteiger partial charge in [-0.1, -0.05) is 6.92 Å². The van der Waals surface area contributed by atoms with Crippen molar-refractivity contribution in [3.8, 4) is 0 Å². The molecule has 0 radical (unpaired) electrons. The maximum Gasteiger partial charge on any atom is 0.147 e. The van der Waals surface area contributed by atoms with E-state index < -0.39 is 0 Å². The van der Waals surface area contributed by atoms with Gasteiger partial charge in [0.2, 0.25) is 0 Å². The van der Waals surface area contributed by atoms with Gasteiger partial charge < -0.3 is 15.1 Å². The Morgan fingerprint density at radius 2 is 1.90 bits per heavy atom. The summed E-state index contributed by atoms with van der Waals surface area (Å²) in [6.07, 6.45) is 6.05. The fourth-order valence-electron chi connectivity index (χ4n) is 2.01. The summed E-state index contributed by atoms with van der Waals surface area (Å²) in [5.74, 6) is 0.977. The third-order valence-corrected chi connectivity index (χ3v) is 3.16. The predicted octanol–water partition coefficient (Wildman–Crippen LogP) is 1.75. The molecule has 1 aromatic heterocycles. The molecule has 0 aliphatic heterocycles. The molecule has 1 heterocycles. The Kier molecular flexibility index (Phi) is 8.14. The van der Waals surface area contributed by atoms with Crippen molar-refractivity contribution in [1.29, 1.82) is 0 Å². The van der Waals surface area contributed by atoms with Gasteiger partial charge in [-0.3, -0.25) is 4.98 Å². The molecular weight excluding hydrogens is 250 g/mol. The average molecular weight is 279 g/mol. The van der Waals surface area contributed by atoms with Crippen LogP contribution in [0.25, 0.3) is 0 Å². The van der Waals surface area contributed by atoms with Gasteiger partial charge in [0.1, 0.15) is 5.82 Å². The molecule has 0 amide bonds. The molecular formula is C15H29N5. The number of aromatic nitrogens is 2. The van der Waals surface area contributed by atoms with Crippen molar-refractivity contribution in [2.24, 2.45) is 0 Å². The molecule has 0 saturated heterocycles. The van der Waals surface area contributed by atoms with Crippen LogP contribution in [0, 0.1) is 0 Å². The number of anilines is 1. The van der Waals surface area contributed by atoms with Crippen LogP contribution in [0.4, 0.5) is 5.82 Å². The summed E-state index contributed by atoms with van der Waals surface area (Å²) < 4.78 is 0. The molecule has 0 aromatic carbocycles. The van der Waals surface area contributed by atoms with Crippen molar-refractivity contribution in [1.82, 2.24) is 20.2 Å². The lowest BCUT2D eigenvalue weighted by Crippen LogP contribution is -2.28. The van der Waals surface area contributed by atoms with Crippen molar-refractivity contribution in [2.45, 2.75) is 33.2 Å². The molecule has 0 fully saturated rings. The van der Waals surface area contributed by atoms with E-state index in [0.717, 1.165) is 57.1 Å². The highest BCUT2D eigenvalue weighted by Gasteiger charge is 2.06. The van der Waals surface area contributed by atoms with Crippen molar-refractivity contribution < 1.29 is 0 Å². The van der Waals surface area contributed by atoms with Crippen molar-refractivity contribution in [3.05, 3.63) is 18.1 Å². The van der Waals surface area contributed by atoms with Crippen molar-refractivity contribution >= 4 is 5.82 Å². The maximum absolute atomic E-state index is 4.54. The van der Waals surface area contributed by atoms with E-state index in [9.17, 15) is 0 Å². The zero-order valence-electron chi connectivity index (χ0n) is 13.4. The molecule has 0 saturated carbocycles. The second-order valence-electron chi connectivity index (χ2n) is 5.28. The van der Waals surface area contributed by atoms with E-state index >= 15 is 0 Å². The van der Waals surface area contributed by atoms with Gasteiger partial charge in [0, 0.05) is 19.6 Å². The molecule has 114 valence electrons. The molecule has 0 bridgehead atoms. The Morgan fingerprint density at radius 1 is 1.10 bits per heavy atom. The molecule has 1 rings (SSSR count). The summed E-state index contributed by atoms with van der Waals surface area (Å²) in [6, 6.07) is 0. The first-order chi connectivity index (χ1) is 9.67. The van der Waals surface area contributed by atoms with Gasteiger partial charge in [-0.25, -0.2) is 4.98 Å². The Labute approximate surface area is 123 Å². The number of hydrogen-bond donors (Lipinski definition) is 1. The van der Waals surface area contributed by atoms with E-state index in [1.54, 1.807) is 0 Å². The van der Waals surface area contributed by atoms with E-state index in [1.165, 1.54) is 0 Å². The Balaban J connectivity index is 2.47. The lowest BCUT2D eigenvalue weighted by atomic mass is 10.3. The van der Waals surface area contributed by atoms with Crippen LogP contribution in [-0.2, 0) is 6.54 Å². The van der Waals surface area contributed by atoms with Gasteiger partial charge in [0.05, 0.1) is 18.1 Å². The maximum atomic E-state index is 4.54. The summed E-state index contributed by atoms with van der Waals surface area (Å²) in [6.45, 7) is 9.24. The normalized spacial score (nSPS) is 11.1. The number of rotatable bonds is 10. The second-order valence-corrected chi connectivity index (χ2v) is 5.28. The van der Waals surface area contributed by atoms with E-state index in [1.807, 2.05) is 12.4 Å². The third-order valence-electron chi connectivity index (χ3n) is 3.16. The van der Waals surface area contributed by atoms with Crippen LogP contribution in [-0.4, -0.2) is 55.1 Å². The minimum absolute atomic E-state index is 0.799. The van der Waals surface area contributed by atoms with Gasteiger partial charge in [0.25, 0.3) is 0 Å². The quantitative estimate of drug-likeness (QED) is 0.661. The topological polar surface area (TPSA) is 44.3 Å². The van der Waals surface area contributed by atoms with Gasteiger partial charge in [-0.2, -0.15) is 0 Å². The molecule has 5 nitrogen and oxygen atoms in total.